The Balaban J connectivity index is 1.91. The molecule has 0 unspecified atom stereocenters. The predicted molar refractivity (Wildman–Crippen MR) is 105 cm³/mol. The SMILES string of the molecule is COCCOC(=NCCCc1ccccc1)NC(=O)c1ccc(OC)cc1. The zero-order chi connectivity index (χ0) is 19.3. The van der Waals surface area contributed by atoms with Gasteiger partial charge in [0.2, 0.25) is 0 Å². The van der Waals surface area contributed by atoms with E-state index in [0.29, 0.717) is 31.1 Å². The van der Waals surface area contributed by atoms with Crippen LogP contribution in [-0.2, 0) is 15.9 Å². The van der Waals surface area contributed by atoms with Crippen molar-refractivity contribution in [2.24, 2.45) is 4.99 Å². The van der Waals surface area contributed by atoms with Crippen LogP contribution in [0, 0.1) is 0 Å². The highest BCUT2D eigenvalue weighted by atomic mass is 16.5. The van der Waals surface area contributed by atoms with E-state index in [1.807, 2.05) is 18.2 Å². The van der Waals surface area contributed by atoms with Crippen LogP contribution in [0.3, 0.4) is 0 Å². The lowest BCUT2D eigenvalue weighted by Gasteiger charge is -2.11. The smallest absolute Gasteiger partial charge is 0.291 e. The topological polar surface area (TPSA) is 69.2 Å². The number of aliphatic imine (C=N–C) groups is 1. The Labute approximate surface area is 160 Å². The number of amidine groups is 1. The first-order valence-electron chi connectivity index (χ1n) is 8.88. The maximum atomic E-state index is 12.4. The summed E-state index contributed by atoms with van der Waals surface area (Å²) in [6.45, 7) is 1.29. The number of benzene rings is 2. The fraction of sp³-hybridized carbons (Fsp3) is 0.333. The Morgan fingerprint density at radius 1 is 1.00 bits per heavy atom. The Bertz CT molecular complexity index is 715. The van der Waals surface area contributed by atoms with Crippen molar-refractivity contribution in [2.75, 3.05) is 34.0 Å². The molecule has 27 heavy (non-hydrogen) atoms. The first-order chi connectivity index (χ1) is 13.2. The van der Waals surface area contributed by atoms with Gasteiger partial charge in [-0.05, 0) is 42.7 Å². The number of hydrogen-bond donors (Lipinski definition) is 1. The van der Waals surface area contributed by atoms with E-state index in [0.717, 1.165) is 12.8 Å². The molecule has 0 aliphatic carbocycles. The highest BCUT2D eigenvalue weighted by Gasteiger charge is 2.10. The number of rotatable bonds is 9. The standard InChI is InChI=1S/C21H26N2O4/c1-25-15-16-27-21(22-14-6-9-17-7-4-3-5-8-17)23-20(24)18-10-12-19(26-2)13-11-18/h3-5,7-8,10-13H,6,9,14-16H2,1-2H3,(H,22,23,24). The van der Waals surface area contributed by atoms with Crippen molar-refractivity contribution < 1.29 is 19.0 Å². The van der Waals surface area contributed by atoms with Crippen LogP contribution in [0.1, 0.15) is 22.3 Å². The van der Waals surface area contributed by atoms with Gasteiger partial charge in [-0.15, -0.1) is 0 Å². The molecule has 0 aliphatic heterocycles. The van der Waals surface area contributed by atoms with Crippen LogP contribution in [0.4, 0.5) is 0 Å². The number of nitrogens with one attached hydrogen (secondary N) is 1. The van der Waals surface area contributed by atoms with E-state index in [-0.39, 0.29) is 11.9 Å². The number of amides is 1. The molecule has 6 nitrogen and oxygen atoms in total. The van der Waals surface area contributed by atoms with Crippen LogP contribution < -0.4 is 10.1 Å². The van der Waals surface area contributed by atoms with Crippen LogP contribution >= 0.6 is 0 Å². The molecule has 0 radical (unpaired) electrons. The van der Waals surface area contributed by atoms with Crippen LogP contribution in [0.2, 0.25) is 0 Å². The van der Waals surface area contributed by atoms with E-state index >= 15 is 0 Å². The zero-order valence-corrected chi connectivity index (χ0v) is 15.8. The van der Waals surface area contributed by atoms with Crippen LogP contribution in [-0.4, -0.2) is 45.9 Å². The zero-order valence-electron chi connectivity index (χ0n) is 15.8. The third-order valence-corrected chi connectivity index (χ3v) is 3.82. The Morgan fingerprint density at radius 2 is 1.74 bits per heavy atom. The molecule has 2 aromatic rings. The van der Waals surface area contributed by atoms with Crippen LogP contribution in [0.25, 0.3) is 0 Å². The molecule has 0 bridgehead atoms. The fourth-order valence-electron chi connectivity index (χ4n) is 2.36. The summed E-state index contributed by atoms with van der Waals surface area (Å²) in [5, 5.41) is 2.72. The Kier molecular flexibility index (Phi) is 8.86. The Morgan fingerprint density at radius 3 is 2.41 bits per heavy atom. The van der Waals surface area contributed by atoms with E-state index in [4.69, 9.17) is 14.2 Å². The van der Waals surface area contributed by atoms with Crippen LogP contribution in [0.5, 0.6) is 5.75 Å². The number of carbonyl (C=O) groups excluding carboxylic acids is 1. The van der Waals surface area contributed by atoms with Crippen molar-refractivity contribution in [1.29, 1.82) is 0 Å². The molecule has 1 amide bonds. The first kappa shape index (κ1) is 20.5. The second-order valence-corrected chi connectivity index (χ2v) is 5.80. The summed E-state index contributed by atoms with van der Waals surface area (Å²) in [5.74, 6) is 0.412. The van der Waals surface area contributed by atoms with Crippen molar-refractivity contribution in [3.63, 3.8) is 0 Å². The van der Waals surface area contributed by atoms with E-state index in [1.165, 1.54) is 5.56 Å². The lowest BCUT2D eigenvalue weighted by Crippen LogP contribution is -2.33. The summed E-state index contributed by atoms with van der Waals surface area (Å²) in [6.07, 6.45) is 1.78. The quantitative estimate of drug-likeness (QED) is 0.418. The summed E-state index contributed by atoms with van der Waals surface area (Å²) < 4.78 is 15.6. The molecule has 0 heterocycles. The average molecular weight is 370 g/mol. The molecular weight excluding hydrogens is 344 g/mol. The number of hydrogen-bond acceptors (Lipinski definition) is 5. The van der Waals surface area contributed by atoms with Crippen molar-refractivity contribution in [2.45, 2.75) is 12.8 Å². The van der Waals surface area contributed by atoms with Gasteiger partial charge in [-0.3, -0.25) is 10.1 Å². The van der Waals surface area contributed by atoms with Gasteiger partial charge in [0.15, 0.2) is 0 Å². The second-order valence-electron chi connectivity index (χ2n) is 5.80. The summed E-state index contributed by atoms with van der Waals surface area (Å²) in [4.78, 5) is 16.8. The van der Waals surface area contributed by atoms with Gasteiger partial charge in [-0.25, -0.2) is 4.99 Å². The summed E-state index contributed by atoms with van der Waals surface area (Å²) in [7, 11) is 3.18. The first-order valence-corrected chi connectivity index (χ1v) is 8.88. The molecule has 0 aromatic heterocycles. The third-order valence-electron chi connectivity index (χ3n) is 3.82. The molecule has 6 heteroatoms. The number of ether oxygens (including phenoxy) is 3. The molecule has 2 rings (SSSR count). The van der Waals surface area contributed by atoms with E-state index in [9.17, 15) is 4.79 Å². The molecule has 144 valence electrons. The van der Waals surface area contributed by atoms with Crippen LogP contribution in [0.15, 0.2) is 59.6 Å². The summed E-state index contributed by atoms with van der Waals surface area (Å²) in [5.41, 5.74) is 1.76. The lowest BCUT2D eigenvalue weighted by atomic mass is 10.1. The van der Waals surface area contributed by atoms with Gasteiger partial charge in [-0.1, -0.05) is 30.3 Å². The largest absolute Gasteiger partial charge is 0.497 e. The fourth-order valence-corrected chi connectivity index (χ4v) is 2.36. The monoisotopic (exact) mass is 370 g/mol. The summed E-state index contributed by atoms with van der Waals surface area (Å²) >= 11 is 0. The van der Waals surface area contributed by atoms with Gasteiger partial charge in [0, 0.05) is 19.2 Å². The minimum absolute atomic E-state index is 0.209. The van der Waals surface area contributed by atoms with Gasteiger partial charge in [-0.2, -0.15) is 0 Å². The van der Waals surface area contributed by atoms with Crippen molar-refractivity contribution >= 4 is 11.9 Å². The third kappa shape index (κ3) is 7.50. The van der Waals surface area contributed by atoms with Gasteiger partial charge < -0.3 is 14.2 Å². The minimum atomic E-state index is -0.281. The highest BCUT2D eigenvalue weighted by molar-refractivity contribution is 6.04. The molecular formula is C21H26N2O4. The van der Waals surface area contributed by atoms with Gasteiger partial charge in [0.05, 0.1) is 13.7 Å². The maximum Gasteiger partial charge on any atom is 0.291 e. The molecule has 0 fully saturated rings. The molecule has 2 aromatic carbocycles. The molecule has 0 spiro atoms. The second kappa shape index (κ2) is 11.7. The molecule has 0 saturated heterocycles. The normalized spacial score (nSPS) is 11.1. The molecule has 0 atom stereocenters. The number of nitrogens with zero attached hydrogens (tertiary/aromatic N) is 1. The van der Waals surface area contributed by atoms with E-state index in [1.54, 1.807) is 38.5 Å². The molecule has 0 aliphatic rings. The van der Waals surface area contributed by atoms with Gasteiger partial charge in [0.25, 0.3) is 11.9 Å². The highest BCUT2D eigenvalue weighted by Crippen LogP contribution is 2.11. The molecule has 1 N–H and O–H groups in total. The average Bonchev–Trinajstić information content (AvgIpc) is 2.72. The van der Waals surface area contributed by atoms with Crippen molar-refractivity contribution in [1.82, 2.24) is 5.32 Å². The Hall–Kier alpha value is -2.86. The lowest BCUT2D eigenvalue weighted by molar-refractivity contribution is 0.0954. The van der Waals surface area contributed by atoms with E-state index in [2.05, 4.69) is 22.4 Å². The van der Waals surface area contributed by atoms with Gasteiger partial charge in [0.1, 0.15) is 12.4 Å². The molecule has 0 saturated carbocycles. The summed E-state index contributed by atoms with van der Waals surface area (Å²) in [6, 6.07) is 17.3. The maximum absolute atomic E-state index is 12.4. The number of carbonyl (C=O) groups is 1. The van der Waals surface area contributed by atoms with Gasteiger partial charge >= 0.3 is 0 Å². The number of methoxy groups -OCH3 is 2. The predicted octanol–water partition coefficient (Wildman–Crippen LogP) is 3.08. The minimum Gasteiger partial charge on any atom is -0.497 e. The van der Waals surface area contributed by atoms with Crippen molar-refractivity contribution in [3.8, 4) is 5.75 Å². The van der Waals surface area contributed by atoms with Crippen molar-refractivity contribution in [3.05, 3.63) is 65.7 Å². The number of aryl methyl sites for hydroxylation is 1. The van der Waals surface area contributed by atoms with E-state index < -0.39 is 0 Å².